The van der Waals surface area contributed by atoms with E-state index < -0.39 is 11.8 Å². The molecule has 0 spiro atoms. The van der Waals surface area contributed by atoms with E-state index in [0.717, 1.165) is 6.08 Å². The Hall–Kier alpha value is -1.88. The largest absolute Gasteiger partial charge is 0.483 e. The first-order valence-corrected chi connectivity index (χ1v) is 5.10. The first-order chi connectivity index (χ1) is 8.15. The lowest BCUT2D eigenvalue weighted by Gasteiger charge is -2.26. The number of carboxylic acids is 1. The summed E-state index contributed by atoms with van der Waals surface area (Å²) in [5.41, 5.74) is 0.474. The van der Waals surface area contributed by atoms with Crippen LogP contribution in [0.2, 0.25) is 0 Å². The molecule has 1 saturated heterocycles. The summed E-state index contributed by atoms with van der Waals surface area (Å²) in [6, 6.07) is 4.31. The molecule has 1 aliphatic heterocycles. The van der Waals surface area contributed by atoms with Crippen LogP contribution in [0.25, 0.3) is 6.08 Å². The average Bonchev–Trinajstić information content (AvgIpc) is 2.22. The lowest BCUT2D eigenvalue weighted by Crippen LogP contribution is -2.38. The second-order valence-electron chi connectivity index (χ2n) is 3.64. The van der Waals surface area contributed by atoms with E-state index >= 15 is 0 Å². The molecule has 5 heteroatoms. The van der Waals surface area contributed by atoms with Crippen LogP contribution in [0.5, 0.6) is 5.75 Å². The van der Waals surface area contributed by atoms with Gasteiger partial charge in [0.15, 0.2) is 11.6 Å². The lowest BCUT2D eigenvalue weighted by molar-refractivity contribution is -0.131. The molecule has 0 aliphatic carbocycles. The van der Waals surface area contributed by atoms with E-state index in [0.29, 0.717) is 18.8 Å². The van der Waals surface area contributed by atoms with Crippen molar-refractivity contribution in [1.29, 1.82) is 0 Å². The van der Waals surface area contributed by atoms with Crippen molar-refractivity contribution in [3.8, 4) is 5.75 Å². The molecule has 0 atom stereocenters. The number of rotatable bonds is 4. The van der Waals surface area contributed by atoms with E-state index in [4.69, 9.17) is 14.6 Å². The third-order valence-corrected chi connectivity index (χ3v) is 2.28. The molecule has 0 radical (unpaired) electrons. The van der Waals surface area contributed by atoms with Crippen LogP contribution >= 0.6 is 0 Å². The Morgan fingerprint density at radius 2 is 2.29 bits per heavy atom. The zero-order valence-corrected chi connectivity index (χ0v) is 8.93. The van der Waals surface area contributed by atoms with Crippen molar-refractivity contribution >= 4 is 12.0 Å². The number of benzene rings is 1. The fraction of sp³-hybridized carbons (Fsp3) is 0.250. The number of aliphatic carboxylic acids is 1. The Morgan fingerprint density at radius 1 is 1.53 bits per heavy atom. The van der Waals surface area contributed by atoms with Crippen LogP contribution in [0.3, 0.4) is 0 Å². The van der Waals surface area contributed by atoms with E-state index in [1.807, 2.05) is 0 Å². The molecule has 1 N–H and O–H groups in total. The minimum atomic E-state index is -1.07. The number of hydrogen-bond donors (Lipinski definition) is 1. The van der Waals surface area contributed by atoms with Gasteiger partial charge in [-0.2, -0.15) is 0 Å². The summed E-state index contributed by atoms with van der Waals surface area (Å²) in [7, 11) is 0. The van der Waals surface area contributed by atoms with Crippen molar-refractivity contribution in [1.82, 2.24) is 0 Å². The molecular weight excluding hydrogens is 227 g/mol. The van der Waals surface area contributed by atoms with Crippen LogP contribution in [0.15, 0.2) is 24.3 Å². The third kappa shape index (κ3) is 3.04. The minimum Gasteiger partial charge on any atom is -0.483 e. The minimum absolute atomic E-state index is 0.0927. The van der Waals surface area contributed by atoms with Gasteiger partial charge >= 0.3 is 5.97 Å². The van der Waals surface area contributed by atoms with Crippen LogP contribution < -0.4 is 4.74 Å². The second-order valence-corrected chi connectivity index (χ2v) is 3.64. The van der Waals surface area contributed by atoms with Crippen molar-refractivity contribution in [2.75, 3.05) is 13.2 Å². The molecule has 4 nitrogen and oxygen atoms in total. The molecule has 1 heterocycles. The first-order valence-electron chi connectivity index (χ1n) is 5.10. The van der Waals surface area contributed by atoms with Gasteiger partial charge in [-0.25, -0.2) is 9.18 Å². The number of ether oxygens (including phenoxy) is 2. The molecule has 1 aromatic carbocycles. The molecule has 0 aromatic heterocycles. The molecule has 0 bridgehead atoms. The lowest BCUT2D eigenvalue weighted by atomic mass is 10.2. The quantitative estimate of drug-likeness (QED) is 0.811. The Bertz CT molecular complexity index is 452. The zero-order valence-electron chi connectivity index (χ0n) is 8.93. The molecule has 1 aromatic rings. The summed E-state index contributed by atoms with van der Waals surface area (Å²) in [5, 5.41) is 8.44. The molecule has 0 amide bonds. The summed E-state index contributed by atoms with van der Waals surface area (Å²) in [4.78, 5) is 10.3. The summed E-state index contributed by atoms with van der Waals surface area (Å²) in [6.45, 7) is 0.945. The van der Waals surface area contributed by atoms with Gasteiger partial charge in [0, 0.05) is 6.08 Å². The molecular formula is C12H11FO4. The Kier molecular flexibility index (Phi) is 3.39. The van der Waals surface area contributed by atoms with Gasteiger partial charge in [0.1, 0.15) is 6.10 Å². The highest BCUT2D eigenvalue weighted by Crippen LogP contribution is 2.22. The standard InChI is InChI=1S/C12H11FO4/c13-10-5-8(2-4-12(14)15)1-3-11(10)17-9-6-16-7-9/h1-5,9H,6-7H2,(H,14,15)/b4-2+. The number of hydrogen-bond acceptors (Lipinski definition) is 3. The molecule has 0 saturated carbocycles. The summed E-state index contributed by atoms with van der Waals surface area (Å²) < 4.78 is 23.8. The van der Waals surface area contributed by atoms with Crippen LogP contribution in [0, 0.1) is 5.82 Å². The van der Waals surface area contributed by atoms with Crippen LogP contribution in [-0.2, 0) is 9.53 Å². The molecule has 90 valence electrons. The molecule has 1 fully saturated rings. The van der Waals surface area contributed by atoms with Gasteiger partial charge in [-0.3, -0.25) is 0 Å². The summed E-state index contributed by atoms with van der Waals surface area (Å²) in [6.07, 6.45) is 2.18. The first kappa shape index (κ1) is 11.6. The van der Waals surface area contributed by atoms with Crippen molar-refractivity contribution in [3.05, 3.63) is 35.7 Å². The van der Waals surface area contributed by atoms with Crippen LogP contribution in [0.1, 0.15) is 5.56 Å². The number of carboxylic acid groups (broad SMARTS) is 1. The monoisotopic (exact) mass is 238 g/mol. The van der Waals surface area contributed by atoms with Crippen molar-refractivity contribution in [2.24, 2.45) is 0 Å². The summed E-state index contributed by atoms with van der Waals surface area (Å²) >= 11 is 0. The topological polar surface area (TPSA) is 55.8 Å². The average molecular weight is 238 g/mol. The van der Waals surface area contributed by atoms with E-state index in [1.165, 1.54) is 18.2 Å². The SMILES string of the molecule is O=C(O)/C=C/c1ccc(OC2COC2)c(F)c1. The van der Waals surface area contributed by atoms with Crippen LogP contribution in [-0.4, -0.2) is 30.4 Å². The number of carbonyl (C=O) groups is 1. The summed E-state index contributed by atoms with van der Waals surface area (Å²) in [5.74, 6) is -1.42. The van der Waals surface area contributed by atoms with Gasteiger partial charge in [0.05, 0.1) is 13.2 Å². The number of halogens is 1. The van der Waals surface area contributed by atoms with E-state index in [1.54, 1.807) is 6.07 Å². The van der Waals surface area contributed by atoms with Gasteiger partial charge in [0.2, 0.25) is 0 Å². The Labute approximate surface area is 97.3 Å². The van der Waals surface area contributed by atoms with E-state index in [-0.39, 0.29) is 11.9 Å². The molecule has 17 heavy (non-hydrogen) atoms. The maximum absolute atomic E-state index is 13.5. The molecule has 0 unspecified atom stereocenters. The van der Waals surface area contributed by atoms with Gasteiger partial charge < -0.3 is 14.6 Å². The van der Waals surface area contributed by atoms with Gasteiger partial charge in [-0.15, -0.1) is 0 Å². The predicted molar refractivity (Wildman–Crippen MR) is 58.3 cm³/mol. The highest BCUT2D eigenvalue weighted by molar-refractivity contribution is 5.85. The highest BCUT2D eigenvalue weighted by atomic mass is 19.1. The second kappa shape index (κ2) is 4.97. The smallest absolute Gasteiger partial charge is 0.328 e. The Morgan fingerprint density at radius 3 is 2.82 bits per heavy atom. The van der Waals surface area contributed by atoms with Crippen molar-refractivity contribution in [2.45, 2.75) is 6.10 Å². The van der Waals surface area contributed by atoms with E-state index in [2.05, 4.69) is 0 Å². The highest BCUT2D eigenvalue weighted by Gasteiger charge is 2.21. The van der Waals surface area contributed by atoms with Crippen molar-refractivity contribution < 1.29 is 23.8 Å². The normalized spacial score (nSPS) is 15.8. The van der Waals surface area contributed by atoms with Gasteiger partial charge in [-0.1, -0.05) is 6.07 Å². The maximum Gasteiger partial charge on any atom is 0.328 e. The van der Waals surface area contributed by atoms with E-state index in [9.17, 15) is 9.18 Å². The molecule has 1 aliphatic rings. The van der Waals surface area contributed by atoms with Gasteiger partial charge in [-0.05, 0) is 23.8 Å². The Balaban J connectivity index is 2.07. The predicted octanol–water partition coefficient (Wildman–Crippen LogP) is 1.70. The molecule has 2 rings (SSSR count). The fourth-order valence-corrected chi connectivity index (χ4v) is 1.35. The zero-order chi connectivity index (χ0) is 12.3. The van der Waals surface area contributed by atoms with Crippen LogP contribution in [0.4, 0.5) is 4.39 Å². The van der Waals surface area contributed by atoms with Gasteiger partial charge in [0.25, 0.3) is 0 Å². The fourth-order valence-electron chi connectivity index (χ4n) is 1.35. The van der Waals surface area contributed by atoms with Crippen molar-refractivity contribution in [3.63, 3.8) is 0 Å². The third-order valence-electron chi connectivity index (χ3n) is 2.28. The maximum atomic E-state index is 13.5.